The number of aliphatic carboxylic acids is 1. The second-order valence-electron chi connectivity index (χ2n) is 6.85. The molecule has 1 aliphatic rings. The van der Waals surface area contributed by atoms with Gasteiger partial charge >= 0.3 is 5.97 Å². The Labute approximate surface area is 174 Å². The smallest absolute Gasteiger partial charge is 0.326 e. The second kappa shape index (κ2) is 9.98. The van der Waals surface area contributed by atoms with Crippen LogP contribution in [0, 0.1) is 0 Å². The van der Waals surface area contributed by atoms with Gasteiger partial charge in [0.15, 0.2) is 0 Å². The molecule has 1 fully saturated rings. The number of nitrogens with two attached hydrogens (primary N) is 1. The molecule has 1 aromatic rings. The number of rotatable bonds is 9. The number of carbonyl (C=O) groups is 3. The topological polar surface area (TPSA) is 170 Å². The van der Waals surface area contributed by atoms with Crippen molar-refractivity contribution in [2.75, 3.05) is 25.0 Å². The molecule has 2 atom stereocenters. The Bertz CT molecular complexity index is 886. The summed E-state index contributed by atoms with van der Waals surface area (Å²) in [5.74, 6) is -2.09. The van der Waals surface area contributed by atoms with Crippen molar-refractivity contribution >= 4 is 33.5 Å². The van der Waals surface area contributed by atoms with Crippen LogP contribution in [0.3, 0.4) is 0 Å². The molecule has 0 aromatic heterocycles. The van der Waals surface area contributed by atoms with Crippen LogP contribution >= 0.6 is 0 Å². The summed E-state index contributed by atoms with van der Waals surface area (Å²) in [5.41, 5.74) is 5.69. The summed E-state index contributed by atoms with van der Waals surface area (Å²) in [6, 6.07) is 4.39. The summed E-state index contributed by atoms with van der Waals surface area (Å²) in [7, 11) is -3.98. The molecule has 0 spiro atoms. The van der Waals surface area contributed by atoms with Crippen LogP contribution in [0.2, 0.25) is 0 Å². The summed E-state index contributed by atoms with van der Waals surface area (Å²) >= 11 is 0. The molecule has 0 bridgehead atoms. The van der Waals surface area contributed by atoms with E-state index in [4.69, 9.17) is 5.73 Å². The number of carboxylic acids is 1. The summed E-state index contributed by atoms with van der Waals surface area (Å²) in [6.07, 6.45) is -0.970. The van der Waals surface area contributed by atoms with Crippen LogP contribution in [0.15, 0.2) is 29.2 Å². The number of aliphatic hydroxyl groups excluding tert-OH is 1. The molecule has 0 saturated carbocycles. The number of hydrogen-bond acceptors (Lipinski definition) is 7. The minimum atomic E-state index is -3.98. The van der Waals surface area contributed by atoms with Gasteiger partial charge in [-0.2, -0.15) is 4.31 Å². The first-order chi connectivity index (χ1) is 14.1. The van der Waals surface area contributed by atoms with Crippen LogP contribution < -0.4 is 11.1 Å². The van der Waals surface area contributed by atoms with E-state index in [0.29, 0.717) is 5.69 Å². The van der Waals surface area contributed by atoms with Crippen molar-refractivity contribution in [2.45, 2.75) is 43.4 Å². The molecule has 11 nitrogen and oxygen atoms in total. The van der Waals surface area contributed by atoms with Gasteiger partial charge in [-0.1, -0.05) is 6.92 Å². The molecule has 0 radical (unpaired) electrons. The molecule has 2 amide bonds. The molecule has 1 unspecified atom stereocenters. The molecular weight excluding hydrogens is 416 g/mol. The third-order valence-electron chi connectivity index (χ3n) is 4.72. The molecule has 5 N–H and O–H groups in total. The van der Waals surface area contributed by atoms with Crippen molar-refractivity contribution in [3.63, 3.8) is 0 Å². The molecule has 2 rings (SSSR count). The Morgan fingerprint density at radius 2 is 1.83 bits per heavy atom. The largest absolute Gasteiger partial charge is 0.480 e. The van der Waals surface area contributed by atoms with Crippen LogP contribution in [-0.4, -0.2) is 77.5 Å². The highest BCUT2D eigenvalue weighted by atomic mass is 32.2. The summed E-state index contributed by atoms with van der Waals surface area (Å²) in [4.78, 5) is 36.5. The van der Waals surface area contributed by atoms with E-state index in [-0.39, 0.29) is 43.2 Å². The van der Waals surface area contributed by atoms with Gasteiger partial charge in [-0.05, 0) is 37.1 Å². The number of aliphatic hydroxyl groups is 1. The van der Waals surface area contributed by atoms with Crippen molar-refractivity contribution < 1.29 is 33.0 Å². The zero-order valence-electron chi connectivity index (χ0n) is 16.5. The lowest BCUT2D eigenvalue weighted by Gasteiger charge is -2.37. The van der Waals surface area contributed by atoms with E-state index in [2.05, 4.69) is 5.32 Å². The van der Waals surface area contributed by atoms with E-state index >= 15 is 0 Å². The number of carboxylic acid groups (broad SMARTS) is 1. The first-order valence-corrected chi connectivity index (χ1v) is 10.9. The molecule has 1 heterocycles. The maximum Gasteiger partial charge on any atom is 0.326 e. The van der Waals surface area contributed by atoms with Crippen LogP contribution in [0.1, 0.15) is 26.2 Å². The molecule has 1 aliphatic heterocycles. The summed E-state index contributed by atoms with van der Waals surface area (Å²) in [6.45, 7) is 1.03. The van der Waals surface area contributed by atoms with Gasteiger partial charge in [-0.25, -0.2) is 13.2 Å². The number of anilines is 1. The van der Waals surface area contributed by atoms with Gasteiger partial charge in [-0.15, -0.1) is 0 Å². The Kier molecular flexibility index (Phi) is 7.89. The fraction of sp³-hybridized carbons (Fsp3) is 0.500. The van der Waals surface area contributed by atoms with Gasteiger partial charge in [0.1, 0.15) is 12.3 Å². The maximum atomic E-state index is 12.8. The van der Waals surface area contributed by atoms with Crippen LogP contribution in [0.25, 0.3) is 0 Å². The number of piperazine rings is 1. The van der Waals surface area contributed by atoms with Gasteiger partial charge in [0.25, 0.3) is 0 Å². The molecule has 0 aliphatic carbocycles. The number of nitrogens with one attached hydrogen (secondary N) is 1. The Morgan fingerprint density at radius 3 is 2.33 bits per heavy atom. The number of sulfonamides is 1. The predicted molar refractivity (Wildman–Crippen MR) is 107 cm³/mol. The predicted octanol–water partition coefficient (Wildman–Crippen LogP) is -0.621. The Morgan fingerprint density at radius 1 is 1.20 bits per heavy atom. The lowest BCUT2D eigenvalue weighted by molar-refractivity contribution is -0.152. The minimum absolute atomic E-state index is 0.0102. The molecular formula is C18H26N4O7S. The lowest BCUT2D eigenvalue weighted by Crippen LogP contribution is -2.57. The lowest BCUT2D eigenvalue weighted by atomic mass is 10.1. The van der Waals surface area contributed by atoms with Crippen LogP contribution in [-0.2, 0) is 24.4 Å². The van der Waals surface area contributed by atoms with Crippen molar-refractivity contribution in [1.29, 1.82) is 0 Å². The monoisotopic (exact) mass is 442 g/mol. The molecule has 1 saturated heterocycles. The van der Waals surface area contributed by atoms with Crippen LogP contribution in [0.5, 0.6) is 0 Å². The van der Waals surface area contributed by atoms with Gasteiger partial charge in [0, 0.05) is 25.2 Å². The highest BCUT2D eigenvalue weighted by molar-refractivity contribution is 7.89. The zero-order chi connectivity index (χ0) is 22.5. The SMILES string of the molecule is CCC(=O)Nc1ccc(S(=O)(=O)N2CCN([C@@H](CCC(N)O)C(=O)O)C(=O)C2)cc1. The summed E-state index contributed by atoms with van der Waals surface area (Å²) in [5, 5.41) is 21.2. The minimum Gasteiger partial charge on any atom is -0.480 e. The van der Waals surface area contributed by atoms with Crippen LogP contribution in [0.4, 0.5) is 5.69 Å². The third-order valence-corrected chi connectivity index (χ3v) is 6.58. The second-order valence-corrected chi connectivity index (χ2v) is 8.79. The Hall–Kier alpha value is -2.54. The zero-order valence-corrected chi connectivity index (χ0v) is 17.3. The van der Waals surface area contributed by atoms with Gasteiger partial charge in [0.2, 0.25) is 21.8 Å². The molecule has 166 valence electrons. The van der Waals surface area contributed by atoms with Crippen molar-refractivity contribution in [3.8, 4) is 0 Å². The fourth-order valence-electron chi connectivity index (χ4n) is 3.05. The number of carbonyl (C=O) groups excluding carboxylic acids is 2. The van der Waals surface area contributed by atoms with Crippen molar-refractivity contribution in [3.05, 3.63) is 24.3 Å². The van der Waals surface area contributed by atoms with Crippen molar-refractivity contribution in [1.82, 2.24) is 9.21 Å². The van der Waals surface area contributed by atoms with Gasteiger partial charge < -0.3 is 26.2 Å². The number of hydrogen-bond donors (Lipinski definition) is 4. The Balaban J connectivity index is 2.10. The average Bonchev–Trinajstić information content (AvgIpc) is 2.68. The number of benzene rings is 1. The fourth-order valence-corrected chi connectivity index (χ4v) is 4.43. The third kappa shape index (κ3) is 5.75. The van der Waals surface area contributed by atoms with Crippen molar-refractivity contribution in [2.24, 2.45) is 5.73 Å². The highest BCUT2D eigenvalue weighted by Crippen LogP contribution is 2.22. The van der Waals surface area contributed by atoms with E-state index in [1.54, 1.807) is 6.92 Å². The average molecular weight is 442 g/mol. The quantitative estimate of drug-likeness (QED) is 0.367. The van der Waals surface area contributed by atoms with E-state index in [1.165, 1.54) is 24.3 Å². The van der Waals surface area contributed by atoms with Gasteiger partial charge in [-0.3, -0.25) is 9.59 Å². The molecule has 30 heavy (non-hydrogen) atoms. The normalized spacial score (nSPS) is 17.4. The first kappa shape index (κ1) is 23.7. The first-order valence-electron chi connectivity index (χ1n) is 9.42. The maximum absolute atomic E-state index is 12.8. The van der Waals surface area contributed by atoms with E-state index in [9.17, 15) is 33.0 Å². The standard InChI is InChI=1S/C18H26N4O7S/c1-2-16(24)20-12-3-5-13(6-4-12)30(28,29)21-9-10-22(17(25)11-21)14(18(26)27)7-8-15(19)23/h3-6,14-15,23H,2,7-11,19H2,1H3,(H,20,24)(H,26,27)/t14-,15?/m0/s1. The summed E-state index contributed by atoms with van der Waals surface area (Å²) < 4.78 is 26.7. The van der Waals surface area contributed by atoms with E-state index in [1.807, 2.05) is 0 Å². The molecule has 1 aromatic carbocycles. The van der Waals surface area contributed by atoms with Gasteiger partial charge in [0.05, 0.1) is 11.4 Å². The van der Waals surface area contributed by atoms with E-state index < -0.39 is 40.7 Å². The van der Waals surface area contributed by atoms with E-state index in [0.717, 1.165) is 9.21 Å². The molecule has 12 heteroatoms. The highest BCUT2D eigenvalue weighted by Gasteiger charge is 2.38. The number of amides is 2. The number of nitrogens with zero attached hydrogens (tertiary/aromatic N) is 2.